The van der Waals surface area contributed by atoms with E-state index in [1.807, 2.05) is 12.1 Å². The molecule has 3 rings (SSSR count). The minimum absolute atomic E-state index is 0.0178. The van der Waals surface area contributed by atoms with Crippen LogP contribution in [0, 0.1) is 22.7 Å². The summed E-state index contributed by atoms with van der Waals surface area (Å²) in [7, 11) is 1.56. The molecule has 0 saturated carbocycles. The van der Waals surface area contributed by atoms with E-state index in [2.05, 4.69) is 11.1 Å². The average Bonchev–Trinajstić information content (AvgIpc) is 2.78. The standard InChI is InChI=1S/C23H18N4O2S/c1-14(21(28)16-6-4-3-5-7-16)30-23-19(13-25)20(18(12-24)22(26)27-23)15-8-10-17(29-2)11-9-15/h3-11,14H,1-2H3,(H2,26,27). The number of hydrogen-bond acceptors (Lipinski definition) is 7. The Morgan fingerprint density at radius 2 is 1.70 bits per heavy atom. The molecule has 0 amide bonds. The Morgan fingerprint density at radius 3 is 2.27 bits per heavy atom. The molecular weight excluding hydrogens is 396 g/mol. The van der Waals surface area contributed by atoms with Gasteiger partial charge in [-0.05, 0) is 24.6 Å². The monoisotopic (exact) mass is 414 g/mol. The van der Waals surface area contributed by atoms with Gasteiger partial charge in [-0.1, -0.05) is 54.2 Å². The van der Waals surface area contributed by atoms with Gasteiger partial charge in [-0.25, -0.2) is 4.98 Å². The van der Waals surface area contributed by atoms with E-state index in [1.54, 1.807) is 62.6 Å². The number of anilines is 1. The Morgan fingerprint density at radius 1 is 1.07 bits per heavy atom. The maximum atomic E-state index is 12.8. The summed E-state index contributed by atoms with van der Waals surface area (Å²) >= 11 is 1.15. The van der Waals surface area contributed by atoms with Crippen LogP contribution in [0.2, 0.25) is 0 Å². The normalized spacial score (nSPS) is 11.2. The van der Waals surface area contributed by atoms with Gasteiger partial charge in [-0.2, -0.15) is 10.5 Å². The highest BCUT2D eigenvalue weighted by Gasteiger charge is 2.24. The van der Waals surface area contributed by atoms with E-state index < -0.39 is 5.25 Å². The summed E-state index contributed by atoms with van der Waals surface area (Å²) in [5.74, 6) is 0.582. The van der Waals surface area contributed by atoms with Crippen LogP contribution in [-0.2, 0) is 0 Å². The summed E-state index contributed by atoms with van der Waals surface area (Å²) in [6.07, 6.45) is 0. The lowest BCUT2D eigenvalue weighted by Gasteiger charge is -2.15. The van der Waals surface area contributed by atoms with Crippen molar-refractivity contribution in [3.63, 3.8) is 0 Å². The van der Waals surface area contributed by atoms with Gasteiger partial charge in [-0.15, -0.1) is 0 Å². The Hall–Kier alpha value is -3.81. The molecule has 0 saturated heterocycles. The number of ketones is 1. The number of Topliss-reactive ketones (excluding diaryl/α,β-unsaturated/α-hetero) is 1. The third-order valence-corrected chi connectivity index (χ3v) is 5.60. The molecule has 2 N–H and O–H groups in total. The number of nitrogens with zero attached hydrogens (tertiary/aromatic N) is 3. The number of hydrogen-bond donors (Lipinski definition) is 1. The molecule has 2 aromatic carbocycles. The number of nitrogen functional groups attached to an aromatic ring is 1. The number of thioether (sulfide) groups is 1. The second-order valence-electron chi connectivity index (χ2n) is 6.37. The number of nitrogens with two attached hydrogens (primary N) is 1. The largest absolute Gasteiger partial charge is 0.497 e. The van der Waals surface area contributed by atoms with Gasteiger partial charge in [0, 0.05) is 11.1 Å². The van der Waals surface area contributed by atoms with Crippen molar-refractivity contribution in [3.05, 3.63) is 71.3 Å². The van der Waals surface area contributed by atoms with Crippen LogP contribution < -0.4 is 10.5 Å². The van der Waals surface area contributed by atoms with Crippen LogP contribution in [-0.4, -0.2) is 23.1 Å². The lowest BCUT2D eigenvalue weighted by molar-refractivity contribution is 0.0994. The number of carbonyl (C=O) groups excluding carboxylic acids is 1. The first kappa shape index (κ1) is 20.9. The van der Waals surface area contributed by atoms with Crippen LogP contribution >= 0.6 is 11.8 Å². The van der Waals surface area contributed by atoms with Crippen LogP contribution in [0.3, 0.4) is 0 Å². The maximum absolute atomic E-state index is 12.8. The zero-order chi connectivity index (χ0) is 21.7. The van der Waals surface area contributed by atoms with Crippen molar-refractivity contribution in [2.75, 3.05) is 12.8 Å². The smallest absolute Gasteiger partial charge is 0.175 e. The molecule has 1 aromatic heterocycles. The molecule has 0 spiro atoms. The van der Waals surface area contributed by atoms with Crippen molar-refractivity contribution in [3.8, 4) is 29.0 Å². The van der Waals surface area contributed by atoms with Crippen LogP contribution in [0.1, 0.15) is 28.4 Å². The van der Waals surface area contributed by atoms with E-state index >= 15 is 0 Å². The summed E-state index contributed by atoms with van der Waals surface area (Å²) < 4.78 is 5.18. The summed E-state index contributed by atoms with van der Waals surface area (Å²) in [5, 5.41) is 19.3. The van der Waals surface area contributed by atoms with Gasteiger partial charge >= 0.3 is 0 Å². The molecule has 6 nitrogen and oxygen atoms in total. The highest BCUT2D eigenvalue weighted by Crippen LogP contribution is 2.37. The van der Waals surface area contributed by atoms with E-state index in [9.17, 15) is 15.3 Å². The number of carbonyl (C=O) groups is 1. The molecular formula is C23H18N4O2S. The van der Waals surface area contributed by atoms with E-state index in [1.165, 1.54) is 0 Å². The molecule has 0 aliphatic heterocycles. The molecule has 0 bridgehead atoms. The fraction of sp³-hybridized carbons (Fsp3) is 0.130. The van der Waals surface area contributed by atoms with Crippen molar-refractivity contribution in [1.29, 1.82) is 10.5 Å². The summed E-state index contributed by atoms with van der Waals surface area (Å²) in [6, 6.07) is 20.1. The van der Waals surface area contributed by atoms with E-state index in [4.69, 9.17) is 10.5 Å². The third-order valence-electron chi connectivity index (χ3n) is 4.51. The number of methoxy groups -OCH3 is 1. The number of aromatic nitrogens is 1. The number of ether oxygens (including phenoxy) is 1. The fourth-order valence-electron chi connectivity index (χ4n) is 2.99. The summed E-state index contributed by atoms with van der Waals surface area (Å²) in [6.45, 7) is 1.75. The highest BCUT2D eigenvalue weighted by atomic mass is 32.2. The van der Waals surface area contributed by atoms with Gasteiger partial charge in [0.15, 0.2) is 5.78 Å². The predicted octanol–water partition coefficient (Wildman–Crippen LogP) is 4.45. The molecule has 148 valence electrons. The SMILES string of the molecule is COc1ccc(-c2c(C#N)c(N)nc(SC(C)C(=O)c3ccccc3)c2C#N)cc1. The minimum Gasteiger partial charge on any atom is -0.497 e. The lowest BCUT2D eigenvalue weighted by Crippen LogP contribution is -2.14. The first-order valence-corrected chi connectivity index (χ1v) is 9.92. The molecule has 7 heteroatoms. The number of pyridine rings is 1. The van der Waals surface area contributed by atoms with Crippen LogP contribution in [0.25, 0.3) is 11.1 Å². The van der Waals surface area contributed by atoms with Crippen LogP contribution in [0.5, 0.6) is 5.75 Å². The van der Waals surface area contributed by atoms with Gasteiger partial charge in [-0.3, -0.25) is 4.79 Å². The van der Waals surface area contributed by atoms with Crippen LogP contribution in [0.4, 0.5) is 5.82 Å². The van der Waals surface area contributed by atoms with Crippen molar-refractivity contribution in [1.82, 2.24) is 4.98 Å². The predicted molar refractivity (Wildman–Crippen MR) is 116 cm³/mol. The Kier molecular flexibility index (Phi) is 6.36. The third kappa shape index (κ3) is 4.12. The van der Waals surface area contributed by atoms with Gasteiger partial charge in [0.1, 0.15) is 34.3 Å². The Labute approximate surface area is 178 Å². The summed E-state index contributed by atoms with van der Waals surface area (Å²) in [5.41, 5.74) is 8.00. The van der Waals surface area contributed by atoms with E-state index in [-0.39, 0.29) is 22.7 Å². The second kappa shape index (κ2) is 9.13. The molecule has 0 aliphatic carbocycles. The number of benzene rings is 2. The fourth-order valence-corrected chi connectivity index (χ4v) is 3.98. The first-order chi connectivity index (χ1) is 14.5. The molecule has 0 aliphatic rings. The topological polar surface area (TPSA) is 113 Å². The van der Waals surface area contributed by atoms with Gasteiger partial charge in [0.25, 0.3) is 0 Å². The molecule has 0 fully saturated rings. The Bertz CT molecular complexity index is 1160. The maximum Gasteiger partial charge on any atom is 0.175 e. The molecule has 1 atom stereocenters. The molecule has 1 heterocycles. The second-order valence-corrected chi connectivity index (χ2v) is 7.70. The highest BCUT2D eigenvalue weighted by molar-refractivity contribution is 8.00. The zero-order valence-electron chi connectivity index (χ0n) is 16.4. The number of nitriles is 2. The van der Waals surface area contributed by atoms with Crippen molar-refractivity contribution in [2.45, 2.75) is 17.2 Å². The summed E-state index contributed by atoms with van der Waals surface area (Å²) in [4.78, 5) is 17.0. The quantitative estimate of drug-likeness (QED) is 0.468. The molecule has 30 heavy (non-hydrogen) atoms. The first-order valence-electron chi connectivity index (χ1n) is 9.04. The van der Waals surface area contributed by atoms with Crippen molar-refractivity contribution in [2.24, 2.45) is 0 Å². The average molecular weight is 414 g/mol. The zero-order valence-corrected chi connectivity index (χ0v) is 17.2. The van der Waals surface area contributed by atoms with Crippen molar-refractivity contribution >= 4 is 23.4 Å². The number of rotatable bonds is 6. The van der Waals surface area contributed by atoms with Gasteiger partial charge in [0.2, 0.25) is 0 Å². The van der Waals surface area contributed by atoms with Crippen molar-refractivity contribution < 1.29 is 9.53 Å². The molecule has 3 aromatic rings. The van der Waals surface area contributed by atoms with Gasteiger partial charge in [0.05, 0.1) is 17.9 Å². The van der Waals surface area contributed by atoms with Crippen LogP contribution in [0.15, 0.2) is 59.6 Å². The Balaban J connectivity index is 2.07. The van der Waals surface area contributed by atoms with Gasteiger partial charge < -0.3 is 10.5 Å². The molecule has 0 radical (unpaired) electrons. The minimum atomic E-state index is -0.497. The van der Waals surface area contributed by atoms with E-state index in [0.717, 1.165) is 11.8 Å². The van der Waals surface area contributed by atoms with E-state index in [0.29, 0.717) is 27.5 Å². The molecule has 1 unspecified atom stereocenters. The lowest BCUT2D eigenvalue weighted by atomic mass is 9.97.